The fourth-order valence-corrected chi connectivity index (χ4v) is 4.90. The quantitative estimate of drug-likeness (QED) is 0.325. The van der Waals surface area contributed by atoms with E-state index < -0.39 is 46.9 Å². The van der Waals surface area contributed by atoms with Gasteiger partial charge in [-0.05, 0) is 24.6 Å². The first kappa shape index (κ1) is 20.2. The number of nitrogens with one attached hydrogen (secondary N) is 1. The zero-order valence-electron chi connectivity index (χ0n) is 15.0. The lowest BCUT2D eigenvalue weighted by Gasteiger charge is -2.56. The Bertz CT molecular complexity index is 829. The highest BCUT2D eigenvalue weighted by atomic mass is 32.2. The van der Waals surface area contributed by atoms with Crippen LogP contribution in [-0.4, -0.2) is 66.8 Å². The fraction of sp³-hybridized carbons (Fsp3) is 0.389. The maximum Gasteiger partial charge on any atom is 0.329 e. The van der Waals surface area contributed by atoms with E-state index in [1.807, 2.05) is 0 Å². The summed E-state index contributed by atoms with van der Waals surface area (Å²) in [6.07, 6.45) is 2.91. The van der Waals surface area contributed by atoms with Gasteiger partial charge in [-0.2, -0.15) is 0 Å². The molecule has 0 radical (unpaired) electrons. The molecule has 150 valence electrons. The second-order valence-corrected chi connectivity index (χ2v) is 7.84. The Hall–Kier alpha value is -2.56. The van der Waals surface area contributed by atoms with Gasteiger partial charge in [0.05, 0.1) is 0 Å². The van der Waals surface area contributed by atoms with Gasteiger partial charge in [0.25, 0.3) is 0 Å². The van der Waals surface area contributed by atoms with E-state index in [0.29, 0.717) is 5.56 Å². The number of carboxylic acids is 1. The van der Waals surface area contributed by atoms with Crippen LogP contribution >= 0.6 is 11.8 Å². The van der Waals surface area contributed by atoms with Crippen molar-refractivity contribution in [2.24, 2.45) is 5.73 Å². The number of thioether (sulfide) groups is 1. The van der Waals surface area contributed by atoms with Crippen LogP contribution in [0.3, 0.4) is 0 Å². The predicted molar refractivity (Wildman–Crippen MR) is 101 cm³/mol. The number of amides is 2. The lowest BCUT2D eigenvalue weighted by atomic mass is 9.89. The van der Waals surface area contributed by atoms with Crippen molar-refractivity contribution in [1.29, 1.82) is 0 Å². The number of β-lactam (4-membered cyclic amide) rings is 1. The molecule has 1 aromatic carbocycles. The number of aliphatic hydroxyl groups is 1. The SMILES string of the molecule is C/C=C/C1(O)CS[C@@H]2[C@H](NC(=O)[C@H](N)c3ccc(O)cc3)C(=O)N2C1C(=O)O. The fourth-order valence-electron chi connectivity index (χ4n) is 3.45. The number of nitrogens with two attached hydrogens (primary N) is 1. The summed E-state index contributed by atoms with van der Waals surface area (Å²) in [5, 5.41) is 31.5. The molecule has 10 heteroatoms. The van der Waals surface area contributed by atoms with Crippen LogP contribution in [0.25, 0.3) is 0 Å². The number of allylic oxidation sites excluding steroid dienone is 1. The summed E-state index contributed by atoms with van der Waals surface area (Å²) in [6, 6.07) is 2.40. The van der Waals surface area contributed by atoms with Crippen LogP contribution in [0.1, 0.15) is 18.5 Å². The van der Waals surface area contributed by atoms with Gasteiger partial charge < -0.3 is 31.3 Å². The van der Waals surface area contributed by atoms with Crippen LogP contribution < -0.4 is 11.1 Å². The van der Waals surface area contributed by atoms with E-state index in [2.05, 4.69) is 5.32 Å². The lowest BCUT2D eigenvalue weighted by molar-refractivity contribution is -0.172. The van der Waals surface area contributed by atoms with Crippen molar-refractivity contribution in [3.05, 3.63) is 42.0 Å². The second-order valence-electron chi connectivity index (χ2n) is 6.73. The van der Waals surface area contributed by atoms with E-state index in [-0.39, 0.29) is 11.5 Å². The molecule has 5 atom stereocenters. The Labute approximate surface area is 165 Å². The lowest BCUT2D eigenvalue weighted by Crippen LogP contribution is -2.79. The zero-order chi connectivity index (χ0) is 20.6. The van der Waals surface area contributed by atoms with Crippen molar-refractivity contribution in [2.45, 2.75) is 36.0 Å². The maximum absolute atomic E-state index is 12.6. The Morgan fingerprint density at radius 3 is 2.61 bits per heavy atom. The highest BCUT2D eigenvalue weighted by molar-refractivity contribution is 8.00. The standard InChI is InChI=1S/C18H21N3O6S/c1-2-7-18(27)8-28-16-12(15(24)21(16)13(18)17(25)26)20-14(23)11(19)9-3-5-10(22)6-4-9/h2-7,11-13,16,22,27H,8,19H2,1H3,(H,20,23)(H,25,26)/b7-2+/t11-,12-,13?,16-,18?/m1/s1. The Morgan fingerprint density at radius 1 is 1.39 bits per heavy atom. The summed E-state index contributed by atoms with van der Waals surface area (Å²) in [4.78, 5) is 37.8. The highest BCUT2D eigenvalue weighted by Crippen LogP contribution is 2.43. The molecule has 6 N–H and O–H groups in total. The van der Waals surface area contributed by atoms with Crippen LogP contribution in [0.2, 0.25) is 0 Å². The average Bonchev–Trinajstić information content (AvgIpc) is 2.65. The molecule has 9 nitrogen and oxygen atoms in total. The van der Waals surface area contributed by atoms with Gasteiger partial charge in [0, 0.05) is 5.75 Å². The summed E-state index contributed by atoms with van der Waals surface area (Å²) in [6.45, 7) is 1.65. The van der Waals surface area contributed by atoms with Crippen LogP contribution in [0, 0.1) is 0 Å². The van der Waals surface area contributed by atoms with Crippen LogP contribution in [0.15, 0.2) is 36.4 Å². The third-order valence-corrected chi connectivity index (χ3v) is 6.31. The summed E-state index contributed by atoms with van der Waals surface area (Å²) in [5.74, 6) is -2.39. The number of carbonyl (C=O) groups is 3. The first-order chi connectivity index (χ1) is 13.2. The molecule has 2 heterocycles. The number of rotatable bonds is 5. The molecule has 0 spiro atoms. The zero-order valence-corrected chi connectivity index (χ0v) is 15.8. The normalized spacial score (nSPS) is 30.5. The summed E-state index contributed by atoms with van der Waals surface area (Å²) < 4.78 is 0. The minimum atomic E-state index is -1.69. The van der Waals surface area contributed by atoms with E-state index in [1.165, 1.54) is 48.2 Å². The van der Waals surface area contributed by atoms with E-state index in [0.717, 1.165) is 4.90 Å². The molecule has 2 aliphatic heterocycles. The number of aliphatic carboxylic acids is 1. The molecule has 3 rings (SSSR count). The Kier molecular flexibility index (Phi) is 5.37. The third kappa shape index (κ3) is 3.34. The van der Waals surface area contributed by atoms with Gasteiger partial charge in [0.1, 0.15) is 28.8 Å². The van der Waals surface area contributed by atoms with Crippen molar-refractivity contribution >= 4 is 29.5 Å². The second kappa shape index (κ2) is 7.46. The number of nitrogens with zero attached hydrogens (tertiary/aromatic N) is 1. The minimum Gasteiger partial charge on any atom is -0.508 e. The molecular weight excluding hydrogens is 386 g/mol. The van der Waals surface area contributed by atoms with Crippen molar-refractivity contribution in [1.82, 2.24) is 10.2 Å². The molecule has 0 saturated carbocycles. The number of benzene rings is 1. The molecule has 2 unspecified atom stereocenters. The molecule has 0 aliphatic carbocycles. The van der Waals surface area contributed by atoms with E-state index in [1.54, 1.807) is 6.92 Å². The number of phenolic OH excluding ortho intramolecular Hbond substituents is 1. The number of aromatic hydroxyl groups is 1. The van der Waals surface area contributed by atoms with Gasteiger partial charge >= 0.3 is 5.97 Å². The first-order valence-electron chi connectivity index (χ1n) is 8.57. The van der Waals surface area contributed by atoms with E-state index in [9.17, 15) is 29.7 Å². The van der Waals surface area contributed by atoms with E-state index >= 15 is 0 Å². The molecule has 28 heavy (non-hydrogen) atoms. The average molecular weight is 407 g/mol. The van der Waals surface area contributed by atoms with Gasteiger partial charge in [-0.1, -0.05) is 24.3 Å². The summed E-state index contributed by atoms with van der Waals surface area (Å²) in [7, 11) is 0. The minimum absolute atomic E-state index is 0.0353. The Morgan fingerprint density at radius 2 is 2.04 bits per heavy atom. The first-order valence-corrected chi connectivity index (χ1v) is 9.62. The number of fused-ring (bicyclic) bond motifs is 1. The molecule has 2 fully saturated rings. The number of hydrogen-bond donors (Lipinski definition) is 5. The molecular formula is C18H21N3O6S. The van der Waals surface area contributed by atoms with Gasteiger partial charge in [-0.3, -0.25) is 9.59 Å². The molecule has 0 bridgehead atoms. The topological polar surface area (TPSA) is 153 Å². The summed E-state index contributed by atoms with van der Waals surface area (Å²) >= 11 is 1.20. The highest BCUT2D eigenvalue weighted by Gasteiger charge is 2.62. The molecule has 0 aromatic heterocycles. The van der Waals surface area contributed by atoms with Crippen molar-refractivity contribution < 1.29 is 29.7 Å². The maximum atomic E-state index is 12.6. The number of phenols is 1. The summed E-state index contributed by atoms with van der Waals surface area (Å²) in [5.41, 5.74) is 4.69. The van der Waals surface area contributed by atoms with Crippen molar-refractivity contribution in [3.63, 3.8) is 0 Å². The van der Waals surface area contributed by atoms with Gasteiger partial charge in [0.2, 0.25) is 11.8 Å². The molecule has 2 saturated heterocycles. The monoisotopic (exact) mass is 407 g/mol. The third-order valence-electron chi connectivity index (χ3n) is 4.84. The Balaban J connectivity index is 1.73. The number of carbonyl (C=O) groups excluding carboxylic acids is 2. The van der Waals surface area contributed by atoms with E-state index in [4.69, 9.17) is 5.73 Å². The molecule has 2 amide bonds. The molecule has 2 aliphatic rings. The van der Waals surface area contributed by atoms with Crippen molar-refractivity contribution in [3.8, 4) is 5.75 Å². The van der Waals surface area contributed by atoms with Gasteiger partial charge in [-0.15, -0.1) is 11.8 Å². The molecule has 1 aromatic rings. The smallest absolute Gasteiger partial charge is 0.329 e. The van der Waals surface area contributed by atoms with Crippen molar-refractivity contribution in [2.75, 3.05) is 5.75 Å². The number of hydrogen-bond acceptors (Lipinski definition) is 7. The van der Waals surface area contributed by atoms with Crippen LogP contribution in [0.4, 0.5) is 0 Å². The van der Waals surface area contributed by atoms with Gasteiger partial charge in [0.15, 0.2) is 6.04 Å². The van der Waals surface area contributed by atoms with Gasteiger partial charge in [-0.25, -0.2) is 4.79 Å². The van der Waals surface area contributed by atoms with Crippen LogP contribution in [-0.2, 0) is 14.4 Å². The predicted octanol–water partition coefficient (Wildman–Crippen LogP) is -0.448. The largest absolute Gasteiger partial charge is 0.508 e. The van der Waals surface area contributed by atoms with Crippen LogP contribution in [0.5, 0.6) is 5.75 Å². The number of carboxylic acid groups (broad SMARTS) is 1.